The van der Waals surface area contributed by atoms with Crippen molar-refractivity contribution in [2.75, 3.05) is 0 Å². The topological polar surface area (TPSA) is 232 Å². The number of nitrogens with one attached hydrogen (secondary N) is 3. The van der Waals surface area contributed by atoms with Gasteiger partial charge in [0, 0.05) is 12.8 Å². The minimum atomic E-state index is -1.66. The number of phenols is 3. The van der Waals surface area contributed by atoms with Crippen molar-refractivity contribution < 1.29 is 44.7 Å². The summed E-state index contributed by atoms with van der Waals surface area (Å²) in [6.45, 7) is 1.19. The summed E-state index contributed by atoms with van der Waals surface area (Å²) in [7, 11) is 0. The summed E-state index contributed by atoms with van der Waals surface area (Å²) < 4.78 is 0. The minimum absolute atomic E-state index is 0.00793. The summed E-state index contributed by atoms with van der Waals surface area (Å²) in [5.41, 5.74) is 7.87. The van der Waals surface area contributed by atoms with Gasteiger partial charge in [0.05, 0.1) is 12.1 Å². The van der Waals surface area contributed by atoms with Gasteiger partial charge in [-0.15, -0.1) is 0 Å². The SMILES string of the molecule is CC(O)C(NC(=O)C(Cc1ccc(O)cc1)NC(=O)C(Cc1ccc(O)cc1)NC(=O)C(N)Cc1ccc(O)cc1)C(=O)O. The lowest BCUT2D eigenvalue weighted by molar-refractivity contribution is -0.145. The van der Waals surface area contributed by atoms with Crippen molar-refractivity contribution in [3.05, 3.63) is 89.5 Å². The average molecular weight is 609 g/mol. The number of aliphatic carboxylic acids is 1. The van der Waals surface area contributed by atoms with Crippen LogP contribution in [0.4, 0.5) is 0 Å². The van der Waals surface area contributed by atoms with Crippen LogP contribution in [-0.2, 0) is 38.4 Å². The molecule has 10 N–H and O–H groups in total. The van der Waals surface area contributed by atoms with Crippen LogP contribution >= 0.6 is 0 Å². The van der Waals surface area contributed by atoms with Gasteiger partial charge >= 0.3 is 5.97 Å². The molecule has 3 amide bonds. The molecule has 5 atom stereocenters. The molecule has 0 heterocycles. The Kier molecular flexibility index (Phi) is 11.7. The van der Waals surface area contributed by atoms with Crippen LogP contribution < -0.4 is 21.7 Å². The number of carbonyl (C=O) groups excluding carboxylic acids is 3. The van der Waals surface area contributed by atoms with Gasteiger partial charge in [0.15, 0.2) is 6.04 Å². The van der Waals surface area contributed by atoms with Crippen molar-refractivity contribution in [3.63, 3.8) is 0 Å². The highest BCUT2D eigenvalue weighted by atomic mass is 16.4. The number of hydrogen-bond donors (Lipinski definition) is 9. The maximum atomic E-state index is 13.7. The van der Waals surface area contributed by atoms with Crippen molar-refractivity contribution in [1.82, 2.24) is 16.0 Å². The van der Waals surface area contributed by atoms with Gasteiger partial charge in [-0.05, 0) is 66.4 Å². The number of hydrogen-bond acceptors (Lipinski definition) is 9. The predicted molar refractivity (Wildman–Crippen MR) is 159 cm³/mol. The standard InChI is InChI=1S/C31H36N4O9/c1-17(36)27(31(43)44)35-30(42)26(16-20-6-12-23(39)13-7-20)34-29(41)25(15-19-4-10-22(38)11-5-19)33-28(40)24(32)14-18-2-8-21(37)9-3-18/h2-13,17,24-27,36-39H,14-16,32H2,1H3,(H,33,40)(H,34,41)(H,35,42)(H,43,44). The molecule has 0 radical (unpaired) electrons. The van der Waals surface area contributed by atoms with E-state index in [4.69, 9.17) is 5.73 Å². The number of carbonyl (C=O) groups is 4. The summed E-state index contributed by atoms with van der Waals surface area (Å²) >= 11 is 0. The number of benzene rings is 3. The second-order valence-corrected chi connectivity index (χ2v) is 10.4. The molecule has 0 aliphatic rings. The number of aromatic hydroxyl groups is 3. The lowest BCUT2D eigenvalue weighted by atomic mass is 10.0. The molecule has 13 nitrogen and oxygen atoms in total. The number of amides is 3. The quantitative estimate of drug-likeness (QED) is 0.120. The summed E-state index contributed by atoms with van der Waals surface area (Å²) in [6, 6.07) is 12.5. The molecule has 13 heteroatoms. The fourth-order valence-corrected chi connectivity index (χ4v) is 4.33. The zero-order chi connectivity index (χ0) is 32.4. The molecule has 0 aliphatic carbocycles. The Balaban J connectivity index is 1.85. The van der Waals surface area contributed by atoms with E-state index < -0.39 is 54.0 Å². The third-order valence-corrected chi connectivity index (χ3v) is 6.79. The van der Waals surface area contributed by atoms with Crippen LogP contribution in [0.3, 0.4) is 0 Å². The van der Waals surface area contributed by atoms with Crippen LogP contribution in [0, 0.1) is 0 Å². The highest BCUT2D eigenvalue weighted by molar-refractivity contribution is 5.94. The van der Waals surface area contributed by atoms with Crippen molar-refractivity contribution in [2.24, 2.45) is 5.73 Å². The maximum Gasteiger partial charge on any atom is 0.328 e. The summed E-state index contributed by atoms with van der Waals surface area (Å²) in [5, 5.41) is 55.5. The van der Waals surface area contributed by atoms with E-state index >= 15 is 0 Å². The first-order valence-corrected chi connectivity index (χ1v) is 13.7. The normalized spacial score (nSPS) is 14.3. The number of phenolic OH excluding ortho intramolecular Hbond substituents is 3. The van der Waals surface area contributed by atoms with Gasteiger partial charge in [0.2, 0.25) is 17.7 Å². The summed E-state index contributed by atoms with van der Waals surface area (Å²) in [4.78, 5) is 51.6. The molecule has 44 heavy (non-hydrogen) atoms. The smallest absolute Gasteiger partial charge is 0.328 e. The fraction of sp³-hybridized carbons (Fsp3) is 0.290. The Bertz CT molecular complexity index is 1430. The monoisotopic (exact) mass is 608 g/mol. The zero-order valence-corrected chi connectivity index (χ0v) is 23.9. The van der Waals surface area contributed by atoms with E-state index in [2.05, 4.69) is 16.0 Å². The van der Waals surface area contributed by atoms with E-state index in [0.717, 1.165) is 0 Å². The van der Waals surface area contributed by atoms with E-state index in [1.165, 1.54) is 55.5 Å². The van der Waals surface area contributed by atoms with E-state index in [9.17, 15) is 44.7 Å². The number of rotatable bonds is 14. The molecule has 0 saturated heterocycles. The molecule has 3 aromatic rings. The molecule has 5 unspecified atom stereocenters. The molecular weight excluding hydrogens is 572 g/mol. The van der Waals surface area contributed by atoms with Gasteiger partial charge in [-0.3, -0.25) is 14.4 Å². The predicted octanol–water partition coefficient (Wildman–Crippen LogP) is 0.0784. The van der Waals surface area contributed by atoms with Gasteiger partial charge in [-0.2, -0.15) is 0 Å². The second-order valence-electron chi connectivity index (χ2n) is 10.4. The van der Waals surface area contributed by atoms with Crippen LogP contribution in [0.2, 0.25) is 0 Å². The fourth-order valence-electron chi connectivity index (χ4n) is 4.33. The number of carboxylic acid groups (broad SMARTS) is 1. The Hall–Kier alpha value is -5.14. The van der Waals surface area contributed by atoms with Gasteiger partial charge in [-0.25, -0.2) is 4.79 Å². The summed E-state index contributed by atoms with van der Waals surface area (Å²) in [6.07, 6.45) is -1.52. The minimum Gasteiger partial charge on any atom is -0.508 e. The maximum absolute atomic E-state index is 13.7. The first-order chi connectivity index (χ1) is 20.8. The van der Waals surface area contributed by atoms with Gasteiger partial charge in [0.1, 0.15) is 29.3 Å². The second kappa shape index (κ2) is 15.4. The number of carboxylic acids is 1. The molecule has 0 fully saturated rings. The van der Waals surface area contributed by atoms with E-state index in [-0.39, 0.29) is 36.5 Å². The molecule has 0 saturated carbocycles. The Morgan fingerprint density at radius 1 is 0.614 bits per heavy atom. The molecule has 0 aromatic heterocycles. The van der Waals surface area contributed by atoms with Crippen LogP contribution in [0.1, 0.15) is 23.6 Å². The number of nitrogens with two attached hydrogens (primary N) is 1. The molecule has 3 rings (SSSR count). The Morgan fingerprint density at radius 2 is 0.955 bits per heavy atom. The van der Waals surface area contributed by atoms with Crippen molar-refractivity contribution >= 4 is 23.7 Å². The third-order valence-electron chi connectivity index (χ3n) is 6.79. The molecular formula is C31H36N4O9. The number of aliphatic hydroxyl groups excluding tert-OH is 1. The first kappa shape index (κ1) is 33.4. The van der Waals surface area contributed by atoms with Crippen LogP contribution in [0.15, 0.2) is 72.8 Å². The van der Waals surface area contributed by atoms with Crippen LogP contribution in [-0.4, -0.2) is 79.5 Å². The highest BCUT2D eigenvalue weighted by Crippen LogP contribution is 2.15. The van der Waals surface area contributed by atoms with Crippen LogP contribution in [0.25, 0.3) is 0 Å². The van der Waals surface area contributed by atoms with Gasteiger partial charge in [0.25, 0.3) is 0 Å². The van der Waals surface area contributed by atoms with E-state index in [0.29, 0.717) is 16.7 Å². The molecule has 0 spiro atoms. The number of aliphatic hydroxyl groups is 1. The van der Waals surface area contributed by atoms with E-state index in [1.54, 1.807) is 24.3 Å². The van der Waals surface area contributed by atoms with Crippen molar-refractivity contribution in [1.29, 1.82) is 0 Å². The zero-order valence-electron chi connectivity index (χ0n) is 23.9. The van der Waals surface area contributed by atoms with Crippen molar-refractivity contribution in [3.8, 4) is 17.2 Å². The molecule has 0 bridgehead atoms. The average Bonchev–Trinajstić information content (AvgIpc) is 2.97. The van der Waals surface area contributed by atoms with Crippen LogP contribution in [0.5, 0.6) is 17.2 Å². The Morgan fingerprint density at radius 3 is 1.32 bits per heavy atom. The summed E-state index contributed by atoms with van der Waals surface area (Å²) in [5.74, 6) is -3.83. The molecule has 234 valence electrons. The molecule has 3 aromatic carbocycles. The van der Waals surface area contributed by atoms with Gasteiger partial charge in [-0.1, -0.05) is 36.4 Å². The Labute approximate surface area is 253 Å². The van der Waals surface area contributed by atoms with Crippen molar-refractivity contribution in [2.45, 2.75) is 56.5 Å². The first-order valence-electron chi connectivity index (χ1n) is 13.7. The highest BCUT2D eigenvalue weighted by Gasteiger charge is 2.32. The lowest BCUT2D eigenvalue weighted by Gasteiger charge is -2.26. The largest absolute Gasteiger partial charge is 0.508 e. The third kappa shape index (κ3) is 10.00. The molecule has 0 aliphatic heterocycles. The van der Waals surface area contributed by atoms with E-state index in [1.807, 2.05) is 0 Å². The lowest BCUT2D eigenvalue weighted by Crippen LogP contribution is -2.59. The van der Waals surface area contributed by atoms with Gasteiger partial charge < -0.3 is 47.2 Å².